The smallest absolute Gasteiger partial charge is 0.276 e. The molecule has 2 amide bonds. The van der Waals surface area contributed by atoms with Gasteiger partial charge in [-0.25, -0.2) is 0 Å². The van der Waals surface area contributed by atoms with Crippen molar-refractivity contribution in [2.45, 2.75) is 51.5 Å². The number of hydrogen-bond acceptors (Lipinski definition) is 4. The van der Waals surface area contributed by atoms with Crippen LogP contribution in [0.1, 0.15) is 51.5 Å². The summed E-state index contributed by atoms with van der Waals surface area (Å²) in [6.07, 6.45) is 6.76. The third-order valence-corrected chi connectivity index (χ3v) is 5.08. The van der Waals surface area contributed by atoms with E-state index in [0.717, 1.165) is 19.3 Å². The van der Waals surface area contributed by atoms with Crippen molar-refractivity contribution in [2.24, 2.45) is 0 Å². The average molecular weight is 373 g/mol. The highest BCUT2D eigenvalue weighted by Crippen LogP contribution is 2.30. The Bertz CT molecular complexity index is 720. The summed E-state index contributed by atoms with van der Waals surface area (Å²) in [6, 6.07) is 6.23. The summed E-state index contributed by atoms with van der Waals surface area (Å²) in [7, 11) is 0. The van der Waals surface area contributed by atoms with Crippen molar-refractivity contribution >= 4 is 23.6 Å². The summed E-state index contributed by atoms with van der Waals surface area (Å²) >= 11 is 0. The second-order valence-corrected chi connectivity index (χ2v) is 6.76. The van der Waals surface area contributed by atoms with Gasteiger partial charge >= 0.3 is 0 Å². The first-order valence-electron chi connectivity index (χ1n) is 9.46. The molecule has 0 heterocycles. The van der Waals surface area contributed by atoms with E-state index in [1.54, 1.807) is 23.1 Å². The Morgan fingerprint density at radius 3 is 2.41 bits per heavy atom. The number of benzene rings is 1. The number of likely N-dealkylation sites (N-methyl/N-ethyl adjacent to an activating group) is 1. The number of para-hydroxylation sites is 1. The Hall–Kier alpha value is -2.70. The van der Waals surface area contributed by atoms with Gasteiger partial charge in [-0.1, -0.05) is 31.4 Å². The minimum atomic E-state index is -0.881. The lowest BCUT2D eigenvalue weighted by molar-refractivity contribution is -0.385. The normalized spacial score (nSPS) is 16.1. The highest BCUT2D eigenvalue weighted by atomic mass is 16.6. The van der Waals surface area contributed by atoms with Crippen molar-refractivity contribution in [3.05, 3.63) is 46.0 Å². The largest absolute Gasteiger partial charge is 0.341 e. The molecule has 0 unspecified atom stereocenters. The Balaban J connectivity index is 2.19. The zero-order chi connectivity index (χ0) is 19.9. The molecule has 1 saturated carbocycles. The molecule has 0 saturated heterocycles. The molecular weight excluding hydrogens is 346 g/mol. The number of nitrogens with zero attached hydrogens (tertiary/aromatic N) is 2. The first kappa shape index (κ1) is 20.6. The Morgan fingerprint density at radius 2 is 1.81 bits per heavy atom. The molecule has 0 bridgehead atoms. The summed E-state index contributed by atoms with van der Waals surface area (Å²) < 4.78 is 0. The van der Waals surface area contributed by atoms with Gasteiger partial charge in [-0.05, 0) is 38.8 Å². The minimum Gasteiger partial charge on any atom is -0.341 e. The Morgan fingerprint density at radius 1 is 1.19 bits per heavy atom. The standard InChI is InChI=1S/C20H27N3O4/c1-3-22(4-2)19(25)20(14-8-5-9-15-20)21-18(24)13-12-16-10-6-7-11-17(16)23(26)27/h6-7,10-13H,3-5,8-9,14-15H2,1-2H3,(H,21,24). The summed E-state index contributed by atoms with van der Waals surface area (Å²) in [5.74, 6) is -0.449. The van der Waals surface area contributed by atoms with Crippen LogP contribution in [0.4, 0.5) is 5.69 Å². The van der Waals surface area contributed by atoms with Crippen molar-refractivity contribution < 1.29 is 14.5 Å². The van der Waals surface area contributed by atoms with Crippen LogP contribution in [0.3, 0.4) is 0 Å². The molecule has 27 heavy (non-hydrogen) atoms. The predicted octanol–water partition coefficient (Wildman–Crippen LogP) is 3.30. The maximum Gasteiger partial charge on any atom is 0.276 e. The monoisotopic (exact) mass is 373 g/mol. The van der Waals surface area contributed by atoms with Gasteiger partial charge in [-0.15, -0.1) is 0 Å². The van der Waals surface area contributed by atoms with Crippen molar-refractivity contribution in [1.29, 1.82) is 0 Å². The zero-order valence-electron chi connectivity index (χ0n) is 15.9. The van der Waals surface area contributed by atoms with Crippen molar-refractivity contribution in [1.82, 2.24) is 10.2 Å². The van der Waals surface area contributed by atoms with Crippen LogP contribution >= 0.6 is 0 Å². The van der Waals surface area contributed by atoms with Crippen LogP contribution in [0.25, 0.3) is 6.08 Å². The second-order valence-electron chi connectivity index (χ2n) is 6.76. The fourth-order valence-corrected chi connectivity index (χ4v) is 3.60. The highest BCUT2D eigenvalue weighted by Gasteiger charge is 2.42. The van der Waals surface area contributed by atoms with Crippen LogP contribution in [0, 0.1) is 10.1 Å². The fourth-order valence-electron chi connectivity index (χ4n) is 3.60. The van der Waals surface area contributed by atoms with E-state index < -0.39 is 16.4 Å². The van der Waals surface area contributed by atoms with Gasteiger partial charge in [0.15, 0.2) is 0 Å². The second kappa shape index (κ2) is 9.30. The number of hydrogen-bond donors (Lipinski definition) is 1. The molecule has 7 heteroatoms. The molecule has 0 aromatic heterocycles. The maximum absolute atomic E-state index is 13.0. The van der Waals surface area contributed by atoms with Crippen molar-refractivity contribution in [3.63, 3.8) is 0 Å². The molecular formula is C20H27N3O4. The summed E-state index contributed by atoms with van der Waals surface area (Å²) in [5.41, 5.74) is -0.590. The maximum atomic E-state index is 13.0. The highest BCUT2D eigenvalue weighted by molar-refractivity contribution is 5.98. The van der Waals surface area contributed by atoms with Crippen LogP contribution in [-0.2, 0) is 9.59 Å². The van der Waals surface area contributed by atoms with Gasteiger partial charge in [0, 0.05) is 25.2 Å². The quantitative estimate of drug-likeness (QED) is 0.451. The number of nitrogens with one attached hydrogen (secondary N) is 1. The number of rotatable bonds is 7. The van der Waals surface area contributed by atoms with Crippen LogP contribution in [-0.4, -0.2) is 40.3 Å². The third kappa shape index (κ3) is 4.93. The lowest BCUT2D eigenvalue weighted by atomic mass is 9.80. The predicted molar refractivity (Wildman–Crippen MR) is 104 cm³/mol. The first-order chi connectivity index (χ1) is 12.9. The van der Waals surface area contributed by atoms with E-state index in [-0.39, 0.29) is 11.6 Å². The lowest BCUT2D eigenvalue weighted by Gasteiger charge is -2.39. The van der Waals surface area contributed by atoms with E-state index in [2.05, 4.69) is 5.32 Å². The summed E-state index contributed by atoms with van der Waals surface area (Å²) in [4.78, 5) is 37.9. The van der Waals surface area contributed by atoms with Gasteiger partial charge in [-0.2, -0.15) is 0 Å². The van der Waals surface area contributed by atoms with Gasteiger partial charge in [-0.3, -0.25) is 19.7 Å². The van der Waals surface area contributed by atoms with Gasteiger partial charge in [0.2, 0.25) is 11.8 Å². The average Bonchev–Trinajstić information content (AvgIpc) is 2.68. The molecule has 2 rings (SSSR count). The van der Waals surface area contributed by atoms with Gasteiger partial charge < -0.3 is 10.2 Å². The molecule has 1 N–H and O–H groups in total. The topological polar surface area (TPSA) is 92.6 Å². The molecule has 1 aromatic rings. The van der Waals surface area contributed by atoms with Gasteiger partial charge in [0.1, 0.15) is 5.54 Å². The zero-order valence-corrected chi connectivity index (χ0v) is 15.9. The van der Waals surface area contributed by atoms with E-state index in [4.69, 9.17) is 0 Å². The fraction of sp³-hybridized carbons (Fsp3) is 0.500. The number of carbonyl (C=O) groups is 2. The number of carbonyl (C=O) groups excluding carboxylic acids is 2. The van der Waals surface area contributed by atoms with Crippen LogP contribution in [0.2, 0.25) is 0 Å². The number of amides is 2. The van der Waals surface area contributed by atoms with Crippen molar-refractivity contribution in [2.75, 3.05) is 13.1 Å². The van der Waals surface area contributed by atoms with Gasteiger partial charge in [0.05, 0.1) is 10.5 Å². The molecule has 0 atom stereocenters. The lowest BCUT2D eigenvalue weighted by Crippen LogP contribution is -2.60. The molecule has 1 aromatic carbocycles. The Kier molecular flexibility index (Phi) is 7.10. The van der Waals surface area contributed by atoms with Crippen LogP contribution in [0.5, 0.6) is 0 Å². The molecule has 1 fully saturated rings. The minimum absolute atomic E-state index is 0.0420. The summed E-state index contributed by atoms with van der Waals surface area (Å²) in [5, 5.41) is 14.0. The molecule has 146 valence electrons. The molecule has 0 spiro atoms. The van der Waals surface area contributed by atoms with Crippen LogP contribution in [0.15, 0.2) is 30.3 Å². The van der Waals surface area contributed by atoms with E-state index in [1.807, 2.05) is 13.8 Å². The third-order valence-electron chi connectivity index (χ3n) is 5.08. The van der Waals surface area contributed by atoms with E-state index in [9.17, 15) is 19.7 Å². The van der Waals surface area contributed by atoms with Gasteiger partial charge in [0.25, 0.3) is 5.69 Å². The Labute approximate surface area is 159 Å². The molecule has 7 nitrogen and oxygen atoms in total. The molecule has 0 aliphatic heterocycles. The summed E-state index contributed by atoms with van der Waals surface area (Å²) in [6.45, 7) is 5.04. The van der Waals surface area contributed by atoms with Crippen molar-refractivity contribution in [3.8, 4) is 0 Å². The van der Waals surface area contributed by atoms with E-state index in [1.165, 1.54) is 18.2 Å². The SMILES string of the molecule is CCN(CC)C(=O)C1(NC(=O)C=Cc2ccccc2[N+](=O)[O-])CCCCC1. The number of nitro groups is 1. The van der Waals surface area contributed by atoms with E-state index in [0.29, 0.717) is 31.5 Å². The van der Waals surface area contributed by atoms with Crippen LogP contribution < -0.4 is 5.32 Å². The first-order valence-corrected chi connectivity index (χ1v) is 9.46. The number of nitro benzene ring substituents is 1. The van der Waals surface area contributed by atoms with E-state index >= 15 is 0 Å². The molecule has 0 radical (unpaired) electrons. The molecule has 1 aliphatic carbocycles. The molecule has 1 aliphatic rings.